The van der Waals surface area contributed by atoms with Crippen molar-refractivity contribution in [1.82, 2.24) is 0 Å². The molecule has 0 N–H and O–H groups in total. The van der Waals surface area contributed by atoms with E-state index in [0.29, 0.717) is 12.2 Å². The summed E-state index contributed by atoms with van der Waals surface area (Å²) in [7, 11) is 5.21. The topological polar surface area (TPSA) is 102 Å². The second-order valence-corrected chi connectivity index (χ2v) is 36.9. The number of aryl methyl sites for hydroxylation is 11. The van der Waals surface area contributed by atoms with Crippen LogP contribution in [0.25, 0.3) is 6.08 Å². The molecule has 6 aromatic carbocycles. The van der Waals surface area contributed by atoms with E-state index in [2.05, 4.69) is 193 Å². The molecule has 138 heavy (non-hydrogen) atoms. The van der Waals surface area contributed by atoms with Crippen LogP contribution >= 0.6 is 0 Å². The first-order valence-electron chi connectivity index (χ1n) is 54.9. The molecular weight excluding hydrogens is 1700 g/mol. The first-order valence-corrected chi connectivity index (χ1v) is 54.9. The fourth-order valence-corrected chi connectivity index (χ4v) is 15.8. The van der Waals surface area contributed by atoms with Gasteiger partial charge >= 0.3 is 0 Å². The van der Waals surface area contributed by atoms with E-state index in [-0.39, 0.29) is 12.2 Å². The molecule has 11 nitrogen and oxygen atoms in total. The summed E-state index contributed by atoms with van der Waals surface area (Å²) in [5, 5.41) is 0. The summed E-state index contributed by atoms with van der Waals surface area (Å²) in [6, 6.07) is 40.8. The summed E-state index contributed by atoms with van der Waals surface area (Å²) in [4.78, 5) is 0. The number of hydrogen-bond donors (Lipinski definition) is 0. The van der Waals surface area contributed by atoms with Crippen molar-refractivity contribution in [2.75, 3.05) is 87.4 Å². The second kappa shape index (κ2) is 90.3. The smallest absolute Gasteiger partial charge is 0.119 e. The summed E-state index contributed by atoms with van der Waals surface area (Å²) in [6.07, 6.45) is 77.3. The normalized spacial score (nSPS) is 12.0. The highest BCUT2D eigenvalue weighted by molar-refractivity contribution is 5.49. The van der Waals surface area contributed by atoms with E-state index < -0.39 is 0 Å². The van der Waals surface area contributed by atoms with Crippen molar-refractivity contribution in [2.24, 2.45) is 0 Å². The Morgan fingerprint density at radius 1 is 0.254 bits per heavy atom. The van der Waals surface area contributed by atoms with Gasteiger partial charge in [-0.25, -0.2) is 0 Å². The molecule has 0 radical (unpaired) electrons. The lowest BCUT2D eigenvalue weighted by Gasteiger charge is -2.19. The fraction of sp³-hybridized carbons (Fsp3) is 0.591. The third-order valence-electron chi connectivity index (χ3n) is 25.1. The van der Waals surface area contributed by atoms with Crippen LogP contribution in [-0.4, -0.2) is 112 Å². The molecule has 1 unspecified atom stereocenters. The molecule has 0 fully saturated rings. The summed E-state index contributed by atoms with van der Waals surface area (Å²) in [5.74, 6) is 5.08. The predicted octanol–water partition coefficient (Wildman–Crippen LogP) is 34.8. The fourth-order valence-electron chi connectivity index (χ4n) is 15.8. The number of benzene rings is 6. The van der Waals surface area contributed by atoms with Crippen LogP contribution in [0.1, 0.15) is 373 Å². The van der Waals surface area contributed by atoms with Crippen LogP contribution in [0.4, 0.5) is 0 Å². The highest BCUT2D eigenvalue weighted by atomic mass is 16.5. The van der Waals surface area contributed by atoms with E-state index in [1.54, 1.807) is 44.6 Å². The molecule has 0 spiro atoms. The van der Waals surface area contributed by atoms with Crippen LogP contribution in [-0.2, 0) is 99.1 Å². The summed E-state index contributed by atoms with van der Waals surface area (Å²) >= 11 is 0. The van der Waals surface area contributed by atoms with Crippen LogP contribution in [0.15, 0.2) is 210 Å². The van der Waals surface area contributed by atoms with Gasteiger partial charge in [-0.15, -0.1) is 46.1 Å². The molecule has 11 rings (SSSR count). The Bertz CT molecular complexity index is 3850. The average molecular weight is 1900 g/mol. The molecule has 5 aliphatic carbocycles. The number of methoxy groups -OCH3 is 3. The zero-order valence-electron chi connectivity index (χ0n) is 90.0. The van der Waals surface area contributed by atoms with Crippen LogP contribution in [0.5, 0.6) is 28.7 Å². The molecule has 0 saturated carbocycles. The maximum absolute atomic E-state index is 5.81. The zero-order chi connectivity index (χ0) is 100. The predicted molar refractivity (Wildman–Crippen MR) is 598 cm³/mol. The molecular formula is C127H200O11. The van der Waals surface area contributed by atoms with Gasteiger partial charge in [-0.3, -0.25) is 0 Å². The third-order valence-corrected chi connectivity index (χ3v) is 25.1. The molecule has 6 aromatic rings. The molecule has 5 aliphatic rings. The van der Waals surface area contributed by atoms with E-state index in [9.17, 15) is 0 Å². The van der Waals surface area contributed by atoms with Crippen molar-refractivity contribution >= 4 is 6.08 Å². The van der Waals surface area contributed by atoms with Gasteiger partial charge in [0.2, 0.25) is 0 Å². The maximum atomic E-state index is 5.81. The molecule has 1 atom stereocenters. The maximum Gasteiger partial charge on any atom is 0.119 e. The molecule has 11 heteroatoms. The number of hydrogen-bond acceptors (Lipinski definition) is 11. The summed E-state index contributed by atoms with van der Waals surface area (Å²) in [5.41, 5.74) is 17.7. The van der Waals surface area contributed by atoms with Crippen molar-refractivity contribution in [3.8, 4) is 28.7 Å². The van der Waals surface area contributed by atoms with Crippen molar-refractivity contribution in [3.63, 3.8) is 0 Å². The van der Waals surface area contributed by atoms with Crippen LogP contribution in [0, 0.1) is 0 Å². The SMILES string of the molecule is C=CC(C=C)OCCCCCCC.C=CC(CC)OCCC.C=CCC(CC=C)OCCCCC.C=CCC(CC=C)OCCCCCCCCC.C=Cc1ccc(OCCCCCCCCOC)cc1.CCCCCCCOc1ccc2c(c1)CC2.CCCCCCOc1ccc2c(c1)CC2.CCCc1ccc2c(c1)CC2.COCCCCOc1ccc2c(c1)CC2.COc1ccc2c(c1)CC2. The van der Waals surface area contributed by atoms with Gasteiger partial charge in [-0.05, 0) is 294 Å². The van der Waals surface area contributed by atoms with E-state index in [4.69, 9.17) is 52.1 Å². The summed E-state index contributed by atoms with van der Waals surface area (Å²) in [6.45, 7) is 55.8. The molecule has 0 bridgehead atoms. The van der Waals surface area contributed by atoms with Crippen molar-refractivity contribution in [3.05, 3.63) is 277 Å². The van der Waals surface area contributed by atoms with Gasteiger partial charge < -0.3 is 52.1 Å². The minimum atomic E-state index is 0.0335. The number of unbranched alkanes of at least 4 members (excludes halogenated alkanes) is 25. The van der Waals surface area contributed by atoms with Gasteiger partial charge in [-0.1, -0.05) is 319 Å². The van der Waals surface area contributed by atoms with Gasteiger partial charge in [0.15, 0.2) is 0 Å². The molecule has 774 valence electrons. The molecule has 0 aromatic heterocycles. The van der Waals surface area contributed by atoms with Crippen molar-refractivity contribution < 1.29 is 52.1 Å². The second-order valence-electron chi connectivity index (χ2n) is 36.9. The van der Waals surface area contributed by atoms with Crippen molar-refractivity contribution in [1.29, 1.82) is 0 Å². The highest BCUT2D eigenvalue weighted by Gasteiger charge is 2.18. The lowest BCUT2D eigenvalue weighted by Crippen LogP contribution is -2.11. The summed E-state index contributed by atoms with van der Waals surface area (Å²) < 4.78 is 60.3. The van der Waals surface area contributed by atoms with E-state index in [0.717, 1.165) is 165 Å². The van der Waals surface area contributed by atoms with Gasteiger partial charge in [0.05, 0.1) is 58.0 Å². The van der Waals surface area contributed by atoms with E-state index in [1.807, 2.05) is 66.8 Å². The Morgan fingerprint density at radius 2 is 0.543 bits per heavy atom. The van der Waals surface area contributed by atoms with Gasteiger partial charge in [0, 0.05) is 53.9 Å². The van der Waals surface area contributed by atoms with Crippen LogP contribution in [0.2, 0.25) is 0 Å². The van der Waals surface area contributed by atoms with Gasteiger partial charge in [0.25, 0.3) is 0 Å². The van der Waals surface area contributed by atoms with Crippen LogP contribution in [0.3, 0.4) is 0 Å². The van der Waals surface area contributed by atoms with Crippen molar-refractivity contribution in [2.45, 2.75) is 401 Å². The molecule has 0 amide bonds. The monoisotopic (exact) mass is 1900 g/mol. The highest BCUT2D eigenvalue weighted by Crippen LogP contribution is 2.32. The largest absolute Gasteiger partial charge is 0.497 e. The minimum absolute atomic E-state index is 0.0335. The standard InChI is InChI=1S/C17H26O2.C16H30O.C15H22O.C14H20O.C13H18O2.2C12H22O.C11H14.C9H10O.C8H16O/c1-3-16-10-12-17(13-11-16)19-15-9-7-5-4-6-8-14-18-2;1-4-7-8-9-10-11-12-15-17-16(13-5-2)14-6-3;1-2-3-4-5-6-11-16-15-10-9-13-7-8-14(13)12-15;1-2-3-4-5-10-15-14-9-8-12-6-7-13(12)11-14;1-14-8-2-3-9-15-13-7-6-11-4-5-12(11)10-13;1-4-7-8-9-10-11-13-12(5-2)6-3;1-4-7-8-11-13-12(9-5-2)10-6-3;1-2-3-9-4-5-10-6-7-11(10)8-9;1-10-9-5-4-7-2-3-8(7)6-9;1-4-7-9-8(5-2)6-3/h3,10-13H,1,4-9,14-15H2,2H3;5-6,16H,2-4,7-15H2,1H3;9-10,12H,2-8,11H2,1H3;8-9,11H,2-7,10H2,1H3;6-7,10H,2-5,8-9H2,1H3;2*5-6,12H,2-4,7-11H2,1H3;4-5,8H,2-3,6-7H2,1H3;4-6H,2-3H2,1H3;5,8H,2,4,6-7H2,1,3H3. The average Bonchev–Trinajstić information content (AvgIpc) is 0.838. The number of rotatable bonds is 69. The van der Waals surface area contributed by atoms with Crippen LogP contribution < -0.4 is 23.7 Å². The quantitative estimate of drug-likeness (QED) is 0.0269. The zero-order valence-corrected chi connectivity index (χ0v) is 90.0. The first-order chi connectivity index (χ1) is 67.7. The van der Waals surface area contributed by atoms with Gasteiger partial charge in [0.1, 0.15) is 28.7 Å². The first kappa shape index (κ1) is 126. The Labute approximate surface area is 847 Å². The lowest BCUT2D eigenvalue weighted by molar-refractivity contribution is 0.0546. The van der Waals surface area contributed by atoms with E-state index in [1.165, 1.54) is 307 Å². The Kier molecular flexibility index (Phi) is 82.5. The Morgan fingerprint density at radius 3 is 0.855 bits per heavy atom. The minimum Gasteiger partial charge on any atom is -0.497 e. The number of fused-ring (bicyclic) bond motifs is 5. The number of ether oxygens (including phenoxy) is 11. The van der Waals surface area contributed by atoms with Gasteiger partial charge in [-0.2, -0.15) is 0 Å². The lowest BCUT2D eigenvalue weighted by atomic mass is 9.87. The molecule has 0 heterocycles. The van der Waals surface area contributed by atoms with E-state index >= 15 is 0 Å². The molecule has 0 aliphatic heterocycles. The molecule has 0 saturated heterocycles. The Hall–Kier alpha value is -8.00. The Balaban J connectivity index is 0.000000522. The third kappa shape index (κ3) is 63.7.